The number of fused-ring (bicyclic) bond motifs is 1. The molecule has 0 fully saturated rings. The molecule has 0 saturated heterocycles. The van der Waals surface area contributed by atoms with Crippen molar-refractivity contribution in [2.75, 3.05) is 16.8 Å². The lowest BCUT2D eigenvalue weighted by Crippen LogP contribution is -2.13. The summed E-state index contributed by atoms with van der Waals surface area (Å²) in [5.74, 6) is 0.309. The molecule has 9 heteroatoms. The van der Waals surface area contributed by atoms with Crippen molar-refractivity contribution in [1.29, 1.82) is 10.5 Å². The zero-order valence-corrected chi connectivity index (χ0v) is 19.3. The molecule has 1 amide bonds. The van der Waals surface area contributed by atoms with Crippen LogP contribution in [-0.2, 0) is 4.79 Å². The molecule has 0 atom stereocenters. The van der Waals surface area contributed by atoms with E-state index in [-0.39, 0.29) is 23.7 Å². The number of pyridine rings is 2. The molecule has 3 heterocycles. The van der Waals surface area contributed by atoms with Gasteiger partial charge in [0.05, 0.1) is 16.8 Å². The number of thioether (sulfide) groups is 1. The number of hydrogen-bond donors (Lipinski definition) is 2. The number of benzene rings is 1. The minimum atomic E-state index is -0.156. The molecule has 3 aromatic heterocycles. The Labute approximate surface area is 198 Å². The summed E-state index contributed by atoms with van der Waals surface area (Å²) in [6.45, 7) is 1.88. The first kappa shape index (κ1) is 22.3. The van der Waals surface area contributed by atoms with Crippen LogP contribution in [0.5, 0.6) is 0 Å². The minimum absolute atomic E-state index is 0.0726. The van der Waals surface area contributed by atoms with Gasteiger partial charge in [-0.25, -0.2) is 4.98 Å². The molecule has 0 aliphatic carbocycles. The number of thiophene rings is 1. The van der Waals surface area contributed by atoms with E-state index in [0.717, 1.165) is 22.2 Å². The average Bonchev–Trinajstić information content (AvgIpc) is 3.33. The number of nitrogens with one attached hydrogen (secondary N) is 1. The highest BCUT2D eigenvalue weighted by atomic mass is 32.2. The monoisotopic (exact) mass is 470 g/mol. The maximum absolute atomic E-state index is 12.6. The van der Waals surface area contributed by atoms with Crippen LogP contribution >= 0.6 is 23.1 Å². The van der Waals surface area contributed by atoms with Gasteiger partial charge in [-0.3, -0.25) is 9.78 Å². The Morgan fingerprint density at radius 3 is 2.70 bits per heavy atom. The second-order valence-electron chi connectivity index (χ2n) is 7.14. The first-order valence-electron chi connectivity index (χ1n) is 9.97. The number of anilines is 2. The number of nitrogen functional groups attached to an aromatic ring is 1. The molecule has 162 valence electrons. The Balaban J connectivity index is 1.52. The largest absolute Gasteiger partial charge is 0.383 e. The van der Waals surface area contributed by atoms with Gasteiger partial charge >= 0.3 is 0 Å². The number of aryl methyl sites for hydroxylation is 1. The molecular weight excluding hydrogens is 452 g/mol. The van der Waals surface area contributed by atoms with E-state index >= 15 is 0 Å². The number of amides is 1. The van der Waals surface area contributed by atoms with E-state index in [0.29, 0.717) is 27.6 Å². The van der Waals surface area contributed by atoms with Crippen molar-refractivity contribution >= 4 is 51.4 Å². The standard InChI is InChI=1S/C24H18N6OS2/c1-14-10-20(16-4-2-3-5-19(16)28-14)29-21(31)7-9-33-24-18(12-26)22(15-6-8-32-13-15)17(11-25)23(27)30-24/h2-6,8,10,13H,7,9H2,1H3,(H2,27,30)(H,28,29,31). The highest BCUT2D eigenvalue weighted by Crippen LogP contribution is 2.36. The third-order valence-corrected chi connectivity index (χ3v) is 6.57. The molecule has 0 aliphatic heterocycles. The van der Waals surface area contributed by atoms with Gasteiger partial charge in [0.2, 0.25) is 5.91 Å². The molecule has 3 N–H and O–H groups in total. The number of rotatable bonds is 6. The smallest absolute Gasteiger partial charge is 0.225 e. The predicted octanol–water partition coefficient (Wildman–Crippen LogP) is 5.11. The number of carbonyl (C=O) groups is 1. The summed E-state index contributed by atoms with van der Waals surface area (Å²) >= 11 is 2.73. The van der Waals surface area contributed by atoms with Crippen molar-refractivity contribution in [2.45, 2.75) is 18.4 Å². The van der Waals surface area contributed by atoms with Gasteiger partial charge in [-0.15, -0.1) is 11.8 Å². The van der Waals surface area contributed by atoms with Gasteiger partial charge in [-0.1, -0.05) is 18.2 Å². The van der Waals surface area contributed by atoms with Crippen LogP contribution in [0, 0.1) is 29.6 Å². The maximum atomic E-state index is 12.6. The Morgan fingerprint density at radius 1 is 1.18 bits per heavy atom. The van der Waals surface area contributed by atoms with Crippen molar-refractivity contribution in [2.24, 2.45) is 0 Å². The summed E-state index contributed by atoms with van der Waals surface area (Å²) in [6, 6.07) is 15.5. The van der Waals surface area contributed by atoms with Crippen molar-refractivity contribution in [3.63, 3.8) is 0 Å². The second-order valence-corrected chi connectivity index (χ2v) is 9.00. The van der Waals surface area contributed by atoms with Crippen LogP contribution in [0.3, 0.4) is 0 Å². The number of nitriles is 2. The summed E-state index contributed by atoms with van der Waals surface area (Å²) < 4.78 is 0. The van der Waals surface area contributed by atoms with Gasteiger partial charge in [0, 0.05) is 28.8 Å². The fraction of sp³-hybridized carbons (Fsp3) is 0.125. The summed E-state index contributed by atoms with van der Waals surface area (Å²) in [5.41, 5.74) is 10.1. The first-order valence-corrected chi connectivity index (χ1v) is 11.9. The summed E-state index contributed by atoms with van der Waals surface area (Å²) in [6.07, 6.45) is 0.209. The van der Waals surface area contributed by atoms with Gasteiger partial charge < -0.3 is 11.1 Å². The van der Waals surface area contributed by atoms with Crippen LogP contribution in [0.1, 0.15) is 23.2 Å². The van der Waals surface area contributed by atoms with E-state index in [1.54, 1.807) is 0 Å². The first-order chi connectivity index (χ1) is 16.0. The topological polar surface area (TPSA) is 128 Å². The lowest BCUT2D eigenvalue weighted by Gasteiger charge is -2.12. The number of nitrogens with two attached hydrogens (primary N) is 1. The van der Waals surface area contributed by atoms with Crippen molar-refractivity contribution in [3.05, 3.63) is 64.0 Å². The minimum Gasteiger partial charge on any atom is -0.383 e. The number of aromatic nitrogens is 2. The maximum Gasteiger partial charge on any atom is 0.225 e. The van der Waals surface area contributed by atoms with E-state index < -0.39 is 0 Å². The van der Waals surface area contributed by atoms with Crippen LogP contribution in [0.4, 0.5) is 11.5 Å². The third-order valence-electron chi connectivity index (χ3n) is 4.91. The molecule has 33 heavy (non-hydrogen) atoms. The van der Waals surface area contributed by atoms with Gasteiger partial charge in [0.25, 0.3) is 0 Å². The Kier molecular flexibility index (Phi) is 6.55. The molecule has 0 spiro atoms. The van der Waals surface area contributed by atoms with Crippen LogP contribution < -0.4 is 11.1 Å². The van der Waals surface area contributed by atoms with Crippen molar-refractivity contribution in [3.8, 4) is 23.3 Å². The number of para-hydroxylation sites is 1. The van der Waals surface area contributed by atoms with E-state index in [1.807, 2.05) is 54.1 Å². The number of carbonyl (C=O) groups excluding carboxylic acids is 1. The molecule has 0 radical (unpaired) electrons. The normalized spacial score (nSPS) is 10.5. The van der Waals surface area contributed by atoms with Gasteiger partial charge in [0.15, 0.2) is 0 Å². The van der Waals surface area contributed by atoms with E-state index in [9.17, 15) is 15.3 Å². The van der Waals surface area contributed by atoms with Crippen LogP contribution in [0.25, 0.3) is 22.0 Å². The highest BCUT2D eigenvalue weighted by molar-refractivity contribution is 7.99. The zero-order valence-electron chi connectivity index (χ0n) is 17.6. The highest BCUT2D eigenvalue weighted by Gasteiger charge is 2.21. The molecule has 0 saturated carbocycles. The van der Waals surface area contributed by atoms with E-state index in [2.05, 4.69) is 27.4 Å². The molecule has 4 rings (SSSR count). The Morgan fingerprint density at radius 2 is 1.97 bits per heavy atom. The van der Waals surface area contributed by atoms with Crippen LogP contribution in [0.15, 0.2) is 52.2 Å². The van der Waals surface area contributed by atoms with Crippen molar-refractivity contribution in [1.82, 2.24) is 9.97 Å². The Bertz CT molecular complexity index is 1430. The van der Waals surface area contributed by atoms with E-state index in [4.69, 9.17) is 5.73 Å². The number of hydrogen-bond acceptors (Lipinski definition) is 8. The number of nitrogens with zero attached hydrogens (tertiary/aromatic N) is 4. The Hall–Kier alpha value is -3.92. The zero-order chi connectivity index (χ0) is 23.4. The van der Waals surface area contributed by atoms with Gasteiger partial charge in [0.1, 0.15) is 28.5 Å². The average molecular weight is 471 g/mol. The predicted molar refractivity (Wildman–Crippen MR) is 132 cm³/mol. The molecule has 7 nitrogen and oxygen atoms in total. The molecule has 4 aromatic rings. The quantitative estimate of drug-likeness (QED) is 0.374. The van der Waals surface area contributed by atoms with Gasteiger partial charge in [-0.05, 0) is 41.4 Å². The summed E-state index contributed by atoms with van der Waals surface area (Å²) in [7, 11) is 0. The lowest BCUT2D eigenvalue weighted by atomic mass is 9.99. The third kappa shape index (κ3) is 4.65. The molecular formula is C24H18N6OS2. The molecule has 1 aromatic carbocycles. The summed E-state index contributed by atoms with van der Waals surface area (Å²) in [4.78, 5) is 21.4. The van der Waals surface area contributed by atoms with Crippen LogP contribution in [0.2, 0.25) is 0 Å². The fourth-order valence-electron chi connectivity index (χ4n) is 3.46. The van der Waals surface area contributed by atoms with E-state index in [1.165, 1.54) is 23.1 Å². The fourth-order valence-corrected chi connectivity index (χ4v) is 5.04. The SMILES string of the molecule is Cc1cc(NC(=O)CCSc2nc(N)c(C#N)c(-c3ccsc3)c2C#N)c2ccccc2n1. The second kappa shape index (κ2) is 9.70. The summed E-state index contributed by atoms with van der Waals surface area (Å²) in [5, 5.41) is 27.3. The molecule has 0 unspecified atom stereocenters. The lowest BCUT2D eigenvalue weighted by molar-refractivity contribution is -0.115. The van der Waals surface area contributed by atoms with Crippen LogP contribution in [-0.4, -0.2) is 21.6 Å². The molecule has 0 bridgehead atoms. The van der Waals surface area contributed by atoms with Gasteiger partial charge in [-0.2, -0.15) is 21.9 Å². The van der Waals surface area contributed by atoms with Crippen molar-refractivity contribution < 1.29 is 4.79 Å². The molecule has 0 aliphatic rings.